The predicted molar refractivity (Wildman–Crippen MR) is 93.0 cm³/mol. The van der Waals surface area contributed by atoms with Crippen LogP contribution in [0.1, 0.15) is 33.3 Å². The topological polar surface area (TPSA) is 93.1 Å². The average Bonchev–Trinajstić information content (AvgIpc) is 2.95. The Bertz CT molecular complexity index is 734. The predicted octanol–water partition coefficient (Wildman–Crippen LogP) is 2.14. The molecule has 1 aliphatic rings. The van der Waals surface area contributed by atoms with Crippen molar-refractivity contribution in [2.75, 3.05) is 13.2 Å². The molecule has 0 radical (unpaired) electrons. The molecule has 1 aromatic rings. The van der Waals surface area contributed by atoms with Gasteiger partial charge in [-0.25, -0.2) is 14.5 Å². The summed E-state index contributed by atoms with van der Waals surface area (Å²) in [6, 6.07) is 8.01. The fourth-order valence-electron chi connectivity index (χ4n) is 2.57. The molecule has 1 heterocycles. The Labute approximate surface area is 152 Å². The van der Waals surface area contributed by atoms with Crippen molar-refractivity contribution in [3.05, 3.63) is 47.5 Å². The van der Waals surface area contributed by atoms with E-state index >= 15 is 0 Å². The van der Waals surface area contributed by atoms with Gasteiger partial charge in [-0.1, -0.05) is 36.4 Å². The molecular weight excluding hydrogens is 338 g/mol. The highest BCUT2D eigenvalue weighted by atomic mass is 16.6. The molecule has 0 saturated heterocycles. The third-order valence-electron chi connectivity index (χ3n) is 3.72. The monoisotopic (exact) mass is 361 g/mol. The lowest BCUT2D eigenvalue weighted by molar-refractivity contribution is -0.163. The molecule has 26 heavy (non-hydrogen) atoms. The number of imide groups is 1. The van der Waals surface area contributed by atoms with Gasteiger partial charge in [-0.3, -0.25) is 4.79 Å². The van der Waals surface area contributed by atoms with E-state index in [0.29, 0.717) is 0 Å². The molecule has 2 rings (SSSR count). The average molecular weight is 361 g/mol. The normalized spacial score (nSPS) is 16.7. The van der Waals surface area contributed by atoms with E-state index in [1.165, 1.54) is 18.2 Å². The van der Waals surface area contributed by atoms with Crippen LogP contribution in [0.4, 0.5) is 4.79 Å². The fraction of sp³-hybridized carbons (Fsp3) is 0.421. The van der Waals surface area contributed by atoms with Crippen molar-refractivity contribution < 1.29 is 29.0 Å². The quantitative estimate of drug-likeness (QED) is 0.826. The number of amides is 2. The molecule has 0 fully saturated rings. The second-order valence-electron chi connectivity index (χ2n) is 6.81. The Morgan fingerprint density at radius 1 is 1.19 bits per heavy atom. The summed E-state index contributed by atoms with van der Waals surface area (Å²) < 4.78 is 10.2. The lowest BCUT2D eigenvalue weighted by Crippen LogP contribution is -2.45. The van der Waals surface area contributed by atoms with Crippen LogP contribution in [-0.4, -0.2) is 46.7 Å². The van der Waals surface area contributed by atoms with Gasteiger partial charge in [0.2, 0.25) is 5.60 Å². The molecule has 0 aliphatic carbocycles. The number of nitrogens with zero attached hydrogens (tertiary/aromatic N) is 1. The molecular formula is C19H23NO6. The summed E-state index contributed by atoms with van der Waals surface area (Å²) in [4.78, 5) is 38.3. The van der Waals surface area contributed by atoms with E-state index in [-0.39, 0.29) is 24.3 Å². The van der Waals surface area contributed by atoms with Gasteiger partial charge in [0.15, 0.2) is 0 Å². The minimum atomic E-state index is -2.30. The van der Waals surface area contributed by atoms with Gasteiger partial charge >= 0.3 is 12.1 Å². The molecule has 140 valence electrons. The van der Waals surface area contributed by atoms with Crippen molar-refractivity contribution in [3.63, 3.8) is 0 Å². The maximum atomic E-state index is 12.8. The van der Waals surface area contributed by atoms with Crippen LogP contribution < -0.4 is 0 Å². The molecule has 1 N–H and O–H groups in total. The minimum Gasteiger partial charge on any atom is -0.463 e. The van der Waals surface area contributed by atoms with E-state index in [2.05, 4.69) is 0 Å². The maximum Gasteiger partial charge on any atom is 0.417 e. The number of ether oxygens (including phenoxy) is 2. The summed E-state index contributed by atoms with van der Waals surface area (Å²) in [5.41, 5.74) is -3.13. The van der Waals surface area contributed by atoms with Gasteiger partial charge in [0, 0.05) is 0 Å². The molecule has 0 spiro atoms. The van der Waals surface area contributed by atoms with Gasteiger partial charge in [-0.2, -0.15) is 0 Å². The molecule has 7 heteroatoms. The Kier molecular flexibility index (Phi) is 5.51. The van der Waals surface area contributed by atoms with Crippen LogP contribution in [-0.2, 0) is 24.7 Å². The van der Waals surface area contributed by atoms with E-state index in [1.54, 1.807) is 45.9 Å². The Balaban J connectivity index is 2.37. The molecule has 0 unspecified atom stereocenters. The first-order valence-electron chi connectivity index (χ1n) is 8.32. The number of hydrogen-bond acceptors (Lipinski definition) is 6. The van der Waals surface area contributed by atoms with Gasteiger partial charge in [0.05, 0.1) is 18.7 Å². The highest BCUT2D eigenvalue weighted by molar-refractivity contribution is 6.10. The number of esters is 1. The highest BCUT2D eigenvalue weighted by Crippen LogP contribution is 2.35. The largest absolute Gasteiger partial charge is 0.463 e. The van der Waals surface area contributed by atoms with Crippen molar-refractivity contribution in [2.24, 2.45) is 0 Å². The number of carbonyl (C=O) groups excluding carboxylic acids is 3. The van der Waals surface area contributed by atoms with E-state index in [0.717, 1.165) is 4.90 Å². The number of aliphatic hydroxyl groups is 1. The number of benzene rings is 1. The van der Waals surface area contributed by atoms with Gasteiger partial charge in [0.1, 0.15) is 5.60 Å². The third-order valence-corrected chi connectivity index (χ3v) is 3.72. The van der Waals surface area contributed by atoms with Gasteiger partial charge in [0.25, 0.3) is 5.91 Å². The summed E-state index contributed by atoms with van der Waals surface area (Å²) in [6.45, 7) is 6.57. The summed E-state index contributed by atoms with van der Waals surface area (Å²) >= 11 is 0. The first-order chi connectivity index (χ1) is 12.1. The summed E-state index contributed by atoms with van der Waals surface area (Å²) in [5, 5.41) is 11.1. The van der Waals surface area contributed by atoms with Crippen molar-refractivity contribution in [1.82, 2.24) is 4.90 Å². The summed E-state index contributed by atoms with van der Waals surface area (Å²) in [7, 11) is 0. The zero-order valence-electron chi connectivity index (χ0n) is 15.3. The first kappa shape index (κ1) is 19.7. The molecule has 0 bridgehead atoms. The number of carbonyl (C=O) groups is 3. The maximum absolute atomic E-state index is 12.8. The second kappa shape index (κ2) is 7.29. The Hall–Kier alpha value is -2.67. The Morgan fingerprint density at radius 3 is 2.35 bits per heavy atom. The molecule has 1 aliphatic heterocycles. The molecule has 0 saturated carbocycles. The smallest absolute Gasteiger partial charge is 0.417 e. The lowest BCUT2D eigenvalue weighted by atomic mass is 9.86. The summed E-state index contributed by atoms with van der Waals surface area (Å²) in [5.74, 6) is -1.77. The lowest BCUT2D eigenvalue weighted by Gasteiger charge is -2.28. The molecule has 1 atom stereocenters. The van der Waals surface area contributed by atoms with E-state index in [9.17, 15) is 19.5 Å². The molecule has 7 nitrogen and oxygen atoms in total. The van der Waals surface area contributed by atoms with Gasteiger partial charge < -0.3 is 14.6 Å². The van der Waals surface area contributed by atoms with Crippen LogP contribution in [0.2, 0.25) is 0 Å². The standard InChI is InChI=1S/C19H23NO6/c1-5-25-16(22)19(24,13-9-7-6-8-10-13)14-11-12-20(15(14)21)17(23)26-18(2,3)4/h6-11,24H,5,12H2,1-4H3/t19-/m1/s1. The van der Waals surface area contributed by atoms with Gasteiger partial charge in [-0.15, -0.1) is 0 Å². The fourth-order valence-corrected chi connectivity index (χ4v) is 2.57. The van der Waals surface area contributed by atoms with Crippen LogP contribution in [0, 0.1) is 0 Å². The van der Waals surface area contributed by atoms with Crippen molar-refractivity contribution >= 4 is 18.0 Å². The molecule has 0 aromatic heterocycles. The number of hydrogen-bond donors (Lipinski definition) is 1. The first-order valence-corrected chi connectivity index (χ1v) is 8.32. The molecule has 2 amide bonds. The zero-order chi connectivity index (χ0) is 19.5. The third kappa shape index (κ3) is 3.77. The van der Waals surface area contributed by atoms with Crippen LogP contribution in [0.5, 0.6) is 0 Å². The van der Waals surface area contributed by atoms with Crippen LogP contribution in [0.3, 0.4) is 0 Å². The highest BCUT2D eigenvalue weighted by Gasteiger charge is 2.50. The zero-order valence-corrected chi connectivity index (χ0v) is 15.3. The van der Waals surface area contributed by atoms with Crippen LogP contribution in [0.15, 0.2) is 42.0 Å². The van der Waals surface area contributed by atoms with E-state index in [1.807, 2.05) is 0 Å². The second-order valence-corrected chi connectivity index (χ2v) is 6.81. The van der Waals surface area contributed by atoms with E-state index < -0.39 is 29.2 Å². The molecule has 1 aromatic carbocycles. The number of rotatable bonds is 4. The van der Waals surface area contributed by atoms with Crippen molar-refractivity contribution in [3.8, 4) is 0 Å². The Morgan fingerprint density at radius 2 is 1.81 bits per heavy atom. The van der Waals surface area contributed by atoms with E-state index in [4.69, 9.17) is 9.47 Å². The van der Waals surface area contributed by atoms with Gasteiger partial charge in [-0.05, 0) is 33.3 Å². The summed E-state index contributed by atoms with van der Waals surface area (Å²) in [6.07, 6.45) is 0.504. The SMILES string of the molecule is CCOC(=O)[C@](O)(C1=CCN(C(=O)OC(C)(C)C)C1=O)c1ccccc1. The van der Waals surface area contributed by atoms with Crippen LogP contribution >= 0.6 is 0 Å². The van der Waals surface area contributed by atoms with Crippen molar-refractivity contribution in [2.45, 2.75) is 38.9 Å². The minimum absolute atomic E-state index is 0.0330. The van der Waals surface area contributed by atoms with Crippen LogP contribution in [0.25, 0.3) is 0 Å². The van der Waals surface area contributed by atoms with Crippen molar-refractivity contribution in [1.29, 1.82) is 0 Å².